The third-order valence-electron chi connectivity index (χ3n) is 1.78. The molecule has 1 amide bonds. The molecule has 2 aromatic rings. The molecule has 0 saturated carbocycles. The Kier molecular flexibility index (Phi) is 3.21. The number of carbonyl (C=O) groups is 1. The molecule has 5 nitrogen and oxygen atoms in total. The largest absolute Gasteiger partial charge is 0.326 e. The molecule has 1 aromatic heterocycles. The summed E-state index contributed by atoms with van der Waals surface area (Å²) in [5.74, 6) is -0.0735. The molecule has 0 aliphatic carbocycles. The smallest absolute Gasteiger partial charge is 0.221 e. The van der Waals surface area contributed by atoms with Crippen molar-refractivity contribution in [2.75, 3.05) is 5.32 Å². The van der Waals surface area contributed by atoms with Gasteiger partial charge in [0.2, 0.25) is 5.91 Å². The topological polar surface area (TPSA) is 70.7 Å². The number of aromatic amines is 1. The third-order valence-corrected chi connectivity index (χ3v) is 2.68. The molecule has 1 heterocycles. The molecule has 16 heavy (non-hydrogen) atoms. The van der Waals surface area contributed by atoms with Gasteiger partial charge in [-0.05, 0) is 24.3 Å². The number of hydrogen-bond acceptors (Lipinski definition) is 4. The Morgan fingerprint density at radius 3 is 2.69 bits per heavy atom. The number of aromatic nitrogens is 3. The predicted molar refractivity (Wildman–Crippen MR) is 61.3 cm³/mol. The van der Waals surface area contributed by atoms with E-state index in [4.69, 9.17) is 0 Å². The molecule has 0 spiro atoms. The summed E-state index contributed by atoms with van der Waals surface area (Å²) in [6, 6.07) is 7.52. The molecule has 0 fully saturated rings. The lowest BCUT2D eigenvalue weighted by Crippen LogP contribution is -2.05. The van der Waals surface area contributed by atoms with Crippen LogP contribution in [0, 0.1) is 0 Å². The maximum Gasteiger partial charge on any atom is 0.221 e. The second-order valence-electron chi connectivity index (χ2n) is 3.10. The van der Waals surface area contributed by atoms with Crippen molar-refractivity contribution in [3.05, 3.63) is 30.6 Å². The lowest BCUT2D eigenvalue weighted by Gasteiger charge is -2.02. The average Bonchev–Trinajstić information content (AvgIpc) is 2.73. The molecule has 82 valence electrons. The summed E-state index contributed by atoms with van der Waals surface area (Å²) in [5, 5.41) is 9.98. The van der Waals surface area contributed by atoms with Crippen LogP contribution in [0.1, 0.15) is 6.92 Å². The Balaban J connectivity index is 2.05. The van der Waals surface area contributed by atoms with Crippen LogP contribution < -0.4 is 5.32 Å². The van der Waals surface area contributed by atoms with Gasteiger partial charge in [0.05, 0.1) is 0 Å². The Morgan fingerprint density at radius 1 is 1.38 bits per heavy atom. The summed E-state index contributed by atoms with van der Waals surface area (Å²) in [6.07, 6.45) is 1.47. The van der Waals surface area contributed by atoms with E-state index in [1.54, 1.807) is 0 Å². The van der Waals surface area contributed by atoms with E-state index in [-0.39, 0.29) is 5.91 Å². The number of benzene rings is 1. The van der Waals surface area contributed by atoms with Crippen LogP contribution in [0.2, 0.25) is 0 Å². The summed E-state index contributed by atoms with van der Waals surface area (Å²) < 4.78 is 0. The predicted octanol–water partition coefficient (Wildman–Crippen LogP) is 1.91. The van der Waals surface area contributed by atoms with E-state index in [9.17, 15) is 4.79 Å². The molecular formula is C10H10N4OS. The van der Waals surface area contributed by atoms with Gasteiger partial charge in [0.15, 0.2) is 5.16 Å². The van der Waals surface area contributed by atoms with Gasteiger partial charge in [-0.2, -0.15) is 5.10 Å². The highest BCUT2D eigenvalue weighted by atomic mass is 32.2. The van der Waals surface area contributed by atoms with E-state index in [0.717, 1.165) is 15.7 Å². The summed E-state index contributed by atoms with van der Waals surface area (Å²) in [4.78, 5) is 15.9. The molecule has 0 bridgehead atoms. The van der Waals surface area contributed by atoms with Crippen molar-refractivity contribution in [2.45, 2.75) is 17.0 Å². The third kappa shape index (κ3) is 2.83. The first kappa shape index (κ1) is 10.7. The number of rotatable bonds is 3. The van der Waals surface area contributed by atoms with Crippen molar-refractivity contribution >= 4 is 23.4 Å². The van der Waals surface area contributed by atoms with E-state index in [1.165, 1.54) is 25.0 Å². The Labute approximate surface area is 96.7 Å². The van der Waals surface area contributed by atoms with E-state index in [2.05, 4.69) is 20.5 Å². The number of carbonyl (C=O) groups excluding carboxylic acids is 1. The van der Waals surface area contributed by atoms with Gasteiger partial charge in [-0.15, -0.1) is 0 Å². The minimum Gasteiger partial charge on any atom is -0.326 e. The zero-order chi connectivity index (χ0) is 11.4. The first-order chi connectivity index (χ1) is 7.74. The second kappa shape index (κ2) is 4.80. The highest BCUT2D eigenvalue weighted by Gasteiger charge is 2.00. The van der Waals surface area contributed by atoms with Crippen LogP contribution in [0.15, 0.2) is 40.6 Å². The Bertz CT molecular complexity index is 466. The molecule has 0 unspecified atom stereocenters. The van der Waals surface area contributed by atoms with Gasteiger partial charge in [-0.1, -0.05) is 11.8 Å². The maximum absolute atomic E-state index is 10.8. The summed E-state index contributed by atoms with van der Waals surface area (Å²) in [7, 11) is 0. The first-order valence-electron chi connectivity index (χ1n) is 4.65. The minimum absolute atomic E-state index is 0.0735. The van der Waals surface area contributed by atoms with Gasteiger partial charge >= 0.3 is 0 Å². The molecule has 1 aromatic carbocycles. The van der Waals surface area contributed by atoms with Crippen LogP contribution in [-0.2, 0) is 4.79 Å². The second-order valence-corrected chi connectivity index (χ2v) is 4.16. The number of hydrogen-bond donors (Lipinski definition) is 2. The summed E-state index contributed by atoms with van der Waals surface area (Å²) >= 11 is 1.48. The van der Waals surface area contributed by atoms with Gasteiger partial charge in [0.25, 0.3) is 0 Å². The van der Waals surface area contributed by atoms with Crippen LogP contribution >= 0.6 is 11.8 Å². The van der Waals surface area contributed by atoms with Crippen molar-refractivity contribution < 1.29 is 4.79 Å². The summed E-state index contributed by atoms with van der Waals surface area (Å²) in [6.45, 7) is 1.48. The molecule has 0 aliphatic heterocycles. The molecular weight excluding hydrogens is 224 g/mol. The van der Waals surface area contributed by atoms with Crippen molar-refractivity contribution in [1.29, 1.82) is 0 Å². The van der Waals surface area contributed by atoms with Crippen molar-refractivity contribution in [1.82, 2.24) is 15.2 Å². The Hall–Kier alpha value is -1.82. The molecule has 0 saturated heterocycles. The van der Waals surface area contributed by atoms with Crippen LogP contribution in [0.25, 0.3) is 0 Å². The number of H-pyrrole nitrogens is 1. The molecule has 0 aliphatic rings. The normalized spacial score (nSPS) is 10.1. The fraction of sp³-hybridized carbons (Fsp3) is 0.100. The SMILES string of the molecule is CC(=O)Nc1ccc(Sc2ncn[nH]2)cc1. The number of anilines is 1. The highest BCUT2D eigenvalue weighted by Crippen LogP contribution is 2.24. The van der Waals surface area contributed by atoms with Crippen LogP contribution in [0.3, 0.4) is 0 Å². The fourth-order valence-electron chi connectivity index (χ4n) is 1.16. The minimum atomic E-state index is -0.0735. The van der Waals surface area contributed by atoms with Gasteiger partial charge in [0.1, 0.15) is 6.33 Å². The zero-order valence-electron chi connectivity index (χ0n) is 8.60. The maximum atomic E-state index is 10.8. The summed E-state index contributed by atoms with van der Waals surface area (Å²) in [5.41, 5.74) is 0.786. The molecule has 2 N–H and O–H groups in total. The van der Waals surface area contributed by atoms with Gasteiger partial charge < -0.3 is 5.32 Å². The molecule has 0 atom stereocenters. The monoisotopic (exact) mass is 234 g/mol. The van der Waals surface area contributed by atoms with E-state index >= 15 is 0 Å². The van der Waals surface area contributed by atoms with Gasteiger partial charge in [-0.3, -0.25) is 9.89 Å². The highest BCUT2D eigenvalue weighted by molar-refractivity contribution is 7.99. The van der Waals surface area contributed by atoms with E-state index in [1.807, 2.05) is 24.3 Å². The van der Waals surface area contributed by atoms with Crippen molar-refractivity contribution in [2.24, 2.45) is 0 Å². The van der Waals surface area contributed by atoms with E-state index < -0.39 is 0 Å². The van der Waals surface area contributed by atoms with Crippen molar-refractivity contribution in [3.63, 3.8) is 0 Å². The molecule has 6 heteroatoms. The lowest BCUT2D eigenvalue weighted by molar-refractivity contribution is -0.114. The zero-order valence-corrected chi connectivity index (χ0v) is 9.41. The van der Waals surface area contributed by atoms with Gasteiger partial charge in [-0.25, -0.2) is 4.98 Å². The average molecular weight is 234 g/mol. The van der Waals surface area contributed by atoms with Crippen LogP contribution in [0.5, 0.6) is 0 Å². The number of nitrogens with one attached hydrogen (secondary N) is 2. The fourth-order valence-corrected chi connectivity index (χ4v) is 1.86. The standard InChI is InChI=1S/C10H10N4OS/c1-7(15)13-8-2-4-9(5-3-8)16-10-11-6-12-14-10/h2-6H,1H3,(H,13,15)(H,11,12,14). The van der Waals surface area contributed by atoms with Crippen LogP contribution in [0.4, 0.5) is 5.69 Å². The molecule has 0 radical (unpaired) electrons. The van der Waals surface area contributed by atoms with Crippen molar-refractivity contribution in [3.8, 4) is 0 Å². The first-order valence-corrected chi connectivity index (χ1v) is 5.46. The van der Waals surface area contributed by atoms with Gasteiger partial charge in [0, 0.05) is 17.5 Å². The lowest BCUT2D eigenvalue weighted by atomic mass is 10.3. The number of nitrogens with zero attached hydrogens (tertiary/aromatic N) is 2. The van der Waals surface area contributed by atoms with Crippen LogP contribution in [-0.4, -0.2) is 21.1 Å². The quantitative estimate of drug-likeness (QED) is 0.851. The number of amides is 1. The Morgan fingerprint density at radius 2 is 2.12 bits per heavy atom. The molecule has 2 rings (SSSR count). The van der Waals surface area contributed by atoms with E-state index in [0.29, 0.717) is 0 Å².